The zero-order valence-corrected chi connectivity index (χ0v) is 14.4. The van der Waals surface area contributed by atoms with E-state index in [1.807, 2.05) is 30.3 Å². The maximum absolute atomic E-state index is 6.29. The second-order valence-corrected chi connectivity index (χ2v) is 6.49. The Labute approximate surface area is 138 Å². The number of thioether (sulfide) groups is 1. The van der Waals surface area contributed by atoms with Gasteiger partial charge in [-0.25, -0.2) is 0 Å². The van der Waals surface area contributed by atoms with Crippen molar-refractivity contribution in [2.75, 3.05) is 20.0 Å². The van der Waals surface area contributed by atoms with Crippen LogP contribution in [0.25, 0.3) is 0 Å². The first-order valence-electron chi connectivity index (χ1n) is 6.50. The summed E-state index contributed by atoms with van der Waals surface area (Å²) in [7, 11) is 3.28. The summed E-state index contributed by atoms with van der Waals surface area (Å²) in [5.41, 5.74) is 7.28. The highest BCUT2D eigenvalue weighted by molar-refractivity contribution is 9.10. The summed E-state index contributed by atoms with van der Waals surface area (Å²) in [5.74, 6) is 2.31. The molecule has 0 amide bonds. The highest BCUT2D eigenvalue weighted by atomic mass is 79.9. The van der Waals surface area contributed by atoms with Crippen LogP contribution in [-0.2, 0) is 0 Å². The number of rotatable bonds is 6. The van der Waals surface area contributed by atoms with Crippen LogP contribution in [-0.4, -0.2) is 20.0 Å². The highest BCUT2D eigenvalue weighted by Gasteiger charge is 2.13. The van der Waals surface area contributed by atoms with Gasteiger partial charge in [0.2, 0.25) is 0 Å². The molecule has 0 aliphatic rings. The highest BCUT2D eigenvalue weighted by Crippen LogP contribution is 2.31. The first kappa shape index (κ1) is 16.2. The zero-order chi connectivity index (χ0) is 15.2. The van der Waals surface area contributed by atoms with Gasteiger partial charge in [0, 0.05) is 32.8 Å². The summed E-state index contributed by atoms with van der Waals surface area (Å²) in [6, 6.07) is 13.8. The minimum Gasteiger partial charge on any atom is -0.497 e. The second kappa shape index (κ2) is 7.73. The van der Waals surface area contributed by atoms with Crippen molar-refractivity contribution in [2.24, 2.45) is 5.73 Å². The normalized spacial score (nSPS) is 12.0. The summed E-state index contributed by atoms with van der Waals surface area (Å²) >= 11 is 5.16. The van der Waals surface area contributed by atoms with Gasteiger partial charge in [-0.3, -0.25) is 0 Å². The topological polar surface area (TPSA) is 44.5 Å². The average Bonchev–Trinajstić information content (AvgIpc) is 2.53. The van der Waals surface area contributed by atoms with Crippen LogP contribution in [0.3, 0.4) is 0 Å². The Balaban J connectivity index is 2.05. The molecule has 0 saturated carbocycles. The van der Waals surface area contributed by atoms with Crippen LogP contribution < -0.4 is 15.2 Å². The molecule has 5 heteroatoms. The summed E-state index contributed by atoms with van der Waals surface area (Å²) in [6.07, 6.45) is 0. The molecule has 112 valence electrons. The lowest BCUT2D eigenvalue weighted by Crippen LogP contribution is -2.14. The van der Waals surface area contributed by atoms with Crippen molar-refractivity contribution in [3.8, 4) is 11.5 Å². The summed E-state index contributed by atoms with van der Waals surface area (Å²) in [4.78, 5) is 1.20. The van der Waals surface area contributed by atoms with Crippen molar-refractivity contribution in [2.45, 2.75) is 10.9 Å². The molecule has 0 radical (unpaired) electrons. The van der Waals surface area contributed by atoms with Crippen LogP contribution in [0.1, 0.15) is 11.6 Å². The zero-order valence-electron chi connectivity index (χ0n) is 12.0. The Hall–Kier alpha value is -1.17. The van der Waals surface area contributed by atoms with Gasteiger partial charge in [-0.15, -0.1) is 11.8 Å². The minimum atomic E-state index is -0.0977. The maximum Gasteiger partial charge on any atom is 0.127 e. The van der Waals surface area contributed by atoms with Gasteiger partial charge in [-0.1, -0.05) is 22.0 Å². The van der Waals surface area contributed by atoms with Crippen LogP contribution in [0, 0.1) is 0 Å². The predicted octanol–water partition coefficient (Wildman–Crippen LogP) is 4.26. The lowest BCUT2D eigenvalue weighted by atomic mass is 10.1. The number of benzene rings is 2. The third kappa shape index (κ3) is 4.40. The van der Waals surface area contributed by atoms with E-state index in [4.69, 9.17) is 15.2 Å². The number of methoxy groups -OCH3 is 2. The van der Waals surface area contributed by atoms with Gasteiger partial charge in [0.25, 0.3) is 0 Å². The van der Waals surface area contributed by atoms with Gasteiger partial charge < -0.3 is 15.2 Å². The molecule has 1 unspecified atom stereocenters. The van der Waals surface area contributed by atoms with E-state index in [2.05, 4.69) is 28.1 Å². The standard InChI is InChI=1S/C16H18BrNO2S/c1-19-12-5-8-14(16(9-12)20-2)15(18)10-21-13-6-3-11(17)4-7-13/h3-9,15H,10,18H2,1-2H3. The first-order chi connectivity index (χ1) is 10.1. The monoisotopic (exact) mass is 367 g/mol. The molecule has 2 rings (SSSR count). The third-order valence-electron chi connectivity index (χ3n) is 3.08. The molecule has 0 heterocycles. The van der Waals surface area contributed by atoms with Crippen LogP contribution in [0.2, 0.25) is 0 Å². The lowest BCUT2D eigenvalue weighted by Gasteiger charge is -2.16. The van der Waals surface area contributed by atoms with Crippen molar-refractivity contribution in [3.63, 3.8) is 0 Å². The molecule has 2 N–H and O–H groups in total. The van der Waals surface area contributed by atoms with E-state index in [1.165, 1.54) is 4.90 Å². The van der Waals surface area contributed by atoms with E-state index in [0.717, 1.165) is 27.3 Å². The number of nitrogens with two attached hydrogens (primary N) is 1. The lowest BCUT2D eigenvalue weighted by molar-refractivity contribution is 0.389. The largest absolute Gasteiger partial charge is 0.497 e. The molecule has 0 aliphatic carbocycles. The molecule has 0 aromatic heterocycles. The van der Waals surface area contributed by atoms with E-state index in [-0.39, 0.29) is 6.04 Å². The molecule has 3 nitrogen and oxygen atoms in total. The van der Waals surface area contributed by atoms with Gasteiger partial charge in [0.15, 0.2) is 0 Å². The second-order valence-electron chi connectivity index (χ2n) is 4.48. The number of hydrogen-bond donors (Lipinski definition) is 1. The molecule has 0 fully saturated rings. The van der Waals surface area contributed by atoms with Gasteiger partial charge in [0.05, 0.1) is 14.2 Å². The SMILES string of the molecule is COc1ccc(C(N)CSc2ccc(Br)cc2)c(OC)c1. The van der Waals surface area contributed by atoms with Crippen molar-refractivity contribution in [3.05, 3.63) is 52.5 Å². The van der Waals surface area contributed by atoms with Crippen molar-refractivity contribution >= 4 is 27.7 Å². The fraction of sp³-hybridized carbons (Fsp3) is 0.250. The summed E-state index contributed by atoms with van der Waals surface area (Å²) < 4.78 is 11.7. The predicted molar refractivity (Wildman–Crippen MR) is 91.3 cm³/mol. The minimum absolute atomic E-state index is 0.0977. The molecule has 2 aromatic carbocycles. The third-order valence-corrected chi connectivity index (χ3v) is 4.74. The molecular weight excluding hydrogens is 350 g/mol. The Bertz CT molecular complexity index is 589. The van der Waals surface area contributed by atoms with Crippen LogP contribution >= 0.6 is 27.7 Å². The van der Waals surface area contributed by atoms with Crippen LogP contribution in [0.5, 0.6) is 11.5 Å². The fourth-order valence-corrected chi connectivity index (χ4v) is 3.08. The quantitative estimate of drug-likeness (QED) is 0.774. The molecule has 0 bridgehead atoms. The van der Waals surface area contributed by atoms with Crippen molar-refractivity contribution in [1.29, 1.82) is 0 Å². The summed E-state index contributed by atoms with van der Waals surface area (Å²) in [6.45, 7) is 0. The van der Waals surface area contributed by atoms with Crippen LogP contribution in [0.4, 0.5) is 0 Å². The van der Waals surface area contributed by atoms with Gasteiger partial charge >= 0.3 is 0 Å². The Kier molecular flexibility index (Phi) is 5.96. The Morgan fingerprint density at radius 1 is 1.10 bits per heavy atom. The smallest absolute Gasteiger partial charge is 0.127 e. The molecular formula is C16H18BrNO2S. The van der Waals surface area contributed by atoms with E-state index in [9.17, 15) is 0 Å². The van der Waals surface area contributed by atoms with E-state index < -0.39 is 0 Å². The van der Waals surface area contributed by atoms with E-state index in [0.29, 0.717) is 0 Å². The molecule has 0 spiro atoms. The molecule has 2 aromatic rings. The van der Waals surface area contributed by atoms with E-state index in [1.54, 1.807) is 26.0 Å². The van der Waals surface area contributed by atoms with Crippen molar-refractivity contribution < 1.29 is 9.47 Å². The molecule has 0 aliphatic heterocycles. The van der Waals surface area contributed by atoms with Crippen LogP contribution in [0.15, 0.2) is 51.8 Å². The first-order valence-corrected chi connectivity index (χ1v) is 8.27. The summed E-state index contributed by atoms with van der Waals surface area (Å²) in [5, 5.41) is 0. The molecule has 0 saturated heterocycles. The number of halogens is 1. The Morgan fingerprint density at radius 3 is 2.43 bits per heavy atom. The van der Waals surface area contributed by atoms with Gasteiger partial charge in [0.1, 0.15) is 11.5 Å². The molecule has 1 atom stereocenters. The van der Waals surface area contributed by atoms with Crippen molar-refractivity contribution in [1.82, 2.24) is 0 Å². The van der Waals surface area contributed by atoms with E-state index >= 15 is 0 Å². The fourth-order valence-electron chi connectivity index (χ4n) is 1.93. The molecule has 21 heavy (non-hydrogen) atoms. The number of hydrogen-bond acceptors (Lipinski definition) is 4. The van der Waals surface area contributed by atoms with Gasteiger partial charge in [-0.05, 0) is 30.3 Å². The average molecular weight is 368 g/mol. The Morgan fingerprint density at radius 2 is 1.81 bits per heavy atom. The number of ether oxygens (including phenoxy) is 2. The van der Waals surface area contributed by atoms with Gasteiger partial charge in [-0.2, -0.15) is 0 Å². The maximum atomic E-state index is 6.29.